The lowest BCUT2D eigenvalue weighted by Crippen LogP contribution is -2.25. The molecule has 0 saturated heterocycles. The van der Waals surface area contributed by atoms with E-state index < -0.39 is 12.1 Å². The van der Waals surface area contributed by atoms with E-state index in [1.54, 1.807) is 24.3 Å². The van der Waals surface area contributed by atoms with Gasteiger partial charge in [-0.05, 0) is 36.1 Å². The number of halogens is 1. The van der Waals surface area contributed by atoms with E-state index in [0.29, 0.717) is 39.3 Å². The molecule has 4 N–H and O–H groups in total. The smallest absolute Gasteiger partial charge is 0.262 e. The van der Waals surface area contributed by atoms with Gasteiger partial charge in [0.1, 0.15) is 17.8 Å². The van der Waals surface area contributed by atoms with Crippen LogP contribution in [0, 0.1) is 5.92 Å². The van der Waals surface area contributed by atoms with Crippen LogP contribution in [0.3, 0.4) is 0 Å². The number of nitrogens with zero attached hydrogens (tertiary/aromatic N) is 2. The van der Waals surface area contributed by atoms with Gasteiger partial charge in [0.25, 0.3) is 5.91 Å². The summed E-state index contributed by atoms with van der Waals surface area (Å²) in [6.45, 7) is -0.0795. The molecule has 1 aliphatic carbocycles. The molecule has 9 heteroatoms. The van der Waals surface area contributed by atoms with Crippen LogP contribution in [0.1, 0.15) is 6.42 Å². The molecular weight excluding hydrogens is 377 g/mol. The van der Waals surface area contributed by atoms with Gasteiger partial charge in [-0.2, -0.15) is 0 Å². The molecule has 1 fully saturated rings. The van der Waals surface area contributed by atoms with Crippen molar-refractivity contribution in [1.29, 1.82) is 0 Å². The molecule has 8 nitrogen and oxygen atoms in total. The lowest BCUT2D eigenvalue weighted by Gasteiger charge is -2.20. The predicted octanol–water partition coefficient (Wildman–Crippen LogP) is 2.51. The third kappa shape index (κ3) is 3.10. The molecule has 0 spiro atoms. The molecule has 2 aliphatic rings. The number of pyridine rings is 2. The zero-order chi connectivity index (χ0) is 20.1. The number of carbonyl (C=O) groups is 2. The van der Waals surface area contributed by atoms with E-state index in [0.717, 1.165) is 0 Å². The Balaban J connectivity index is 1.55. The Bertz CT molecular complexity index is 1180. The average Bonchev–Trinajstić information content (AvgIpc) is 3.44. The molecule has 3 heterocycles. The number of hydrogen-bond donors (Lipinski definition) is 3. The zero-order valence-electron chi connectivity index (χ0n) is 15.1. The summed E-state index contributed by atoms with van der Waals surface area (Å²) in [5, 5.41) is 6.73. The number of carbonyl (C=O) groups excluding carboxylic acids is 2. The summed E-state index contributed by atoms with van der Waals surface area (Å²) < 4.78 is 18.7. The highest BCUT2D eigenvalue weighted by Gasteiger charge is 2.43. The van der Waals surface area contributed by atoms with E-state index in [1.165, 1.54) is 6.20 Å². The van der Waals surface area contributed by atoms with Gasteiger partial charge in [0.2, 0.25) is 5.91 Å². The standard InChI is InChI=1S/C20H16FN5O3/c21-13-6-11(13)20(28)26-16-5-9-4-15(25-19(22)12(9)7-23-16)10-2-1-3-14-18(10)29-8-17(27)24-14/h1-5,7,11,13H,6,8H2,(H2,22,25)(H,24,27)(H,23,26,28)/t11-,13+/m1/s1. The molecule has 2 atom stereocenters. The first kappa shape index (κ1) is 17.4. The van der Waals surface area contributed by atoms with E-state index in [1.807, 2.05) is 6.07 Å². The Morgan fingerprint density at radius 2 is 2.17 bits per heavy atom. The summed E-state index contributed by atoms with van der Waals surface area (Å²) in [6, 6.07) is 8.82. The third-order valence-electron chi connectivity index (χ3n) is 4.96. The molecule has 2 aromatic heterocycles. The molecule has 0 unspecified atom stereocenters. The van der Waals surface area contributed by atoms with Gasteiger partial charge < -0.3 is 21.1 Å². The number of benzene rings is 1. The first-order valence-corrected chi connectivity index (χ1v) is 9.07. The van der Waals surface area contributed by atoms with E-state index in [4.69, 9.17) is 10.5 Å². The molecule has 1 aliphatic heterocycles. The second-order valence-electron chi connectivity index (χ2n) is 7.05. The second kappa shape index (κ2) is 6.40. The summed E-state index contributed by atoms with van der Waals surface area (Å²) in [5.74, 6) is -0.105. The normalized spacial score (nSPS) is 19.8. The number of hydrogen-bond acceptors (Lipinski definition) is 6. The van der Waals surface area contributed by atoms with Crippen LogP contribution in [0.5, 0.6) is 5.75 Å². The van der Waals surface area contributed by atoms with E-state index >= 15 is 0 Å². The van der Waals surface area contributed by atoms with Crippen molar-refractivity contribution >= 4 is 39.9 Å². The van der Waals surface area contributed by atoms with Crippen molar-refractivity contribution in [3.05, 3.63) is 36.5 Å². The molecule has 2 amide bonds. The Kier molecular flexibility index (Phi) is 3.83. The summed E-state index contributed by atoms with van der Waals surface area (Å²) >= 11 is 0. The fraction of sp³-hybridized carbons (Fsp3) is 0.200. The fourth-order valence-electron chi connectivity index (χ4n) is 3.35. The Labute approximate surface area is 164 Å². The van der Waals surface area contributed by atoms with Crippen molar-refractivity contribution in [3.63, 3.8) is 0 Å². The van der Waals surface area contributed by atoms with E-state index in [-0.39, 0.29) is 30.7 Å². The highest BCUT2D eigenvalue weighted by atomic mass is 19.1. The number of anilines is 3. The molecule has 5 rings (SSSR count). The number of ether oxygens (including phenoxy) is 1. The van der Waals surface area contributed by atoms with Crippen molar-refractivity contribution in [2.45, 2.75) is 12.6 Å². The van der Waals surface area contributed by atoms with Crippen molar-refractivity contribution < 1.29 is 18.7 Å². The van der Waals surface area contributed by atoms with Gasteiger partial charge in [-0.1, -0.05) is 6.07 Å². The highest BCUT2D eigenvalue weighted by Crippen LogP contribution is 2.39. The maximum atomic E-state index is 13.1. The molecular formula is C20H16FN5O3. The summed E-state index contributed by atoms with van der Waals surface area (Å²) in [4.78, 5) is 32.2. The number of fused-ring (bicyclic) bond motifs is 2. The third-order valence-corrected chi connectivity index (χ3v) is 4.96. The van der Waals surface area contributed by atoms with Gasteiger partial charge in [0.15, 0.2) is 12.4 Å². The minimum Gasteiger partial charge on any atom is -0.481 e. The summed E-state index contributed by atoms with van der Waals surface area (Å²) in [6.07, 6.45) is 0.691. The second-order valence-corrected chi connectivity index (χ2v) is 7.05. The first-order valence-electron chi connectivity index (χ1n) is 9.07. The topological polar surface area (TPSA) is 119 Å². The molecule has 1 saturated carbocycles. The van der Waals surface area contributed by atoms with Gasteiger partial charge in [-0.15, -0.1) is 0 Å². The van der Waals surface area contributed by atoms with Crippen molar-refractivity contribution in [2.24, 2.45) is 5.92 Å². The number of aromatic nitrogens is 2. The fourth-order valence-corrected chi connectivity index (χ4v) is 3.35. The summed E-state index contributed by atoms with van der Waals surface area (Å²) in [5.41, 5.74) is 7.91. The molecule has 146 valence electrons. The van der Waals surface area contributed by atoms with Gasteiger partial charge in [0.05, 0.1) is 17.3 Å². The van der Waals surface area contributed by atoms with E-state index in [9.17, 15) is 14.0 Å². The molecule has 1 aromatic carbocycles. The van der Waals surface area contributed by atoms with Crippen molar-refractivity contribution in [3.8, 4) is 17.0 Å². The van der Waals surface area contributed by atoms with Crippen LogP contribution in [0.4, 0.5) is 21.7 Å². The Morgan fingerprint density at radius 3 is 2.97 bits per heavy atom. The van der Waals surface area contributed by atoms with Crippen molar-refractivity contribution in [1.82, 2.24) is 9.97 Å². The van der Waals surface area contributed by atoms with Gasteiger partial charge in [-0.3, -0.25) is 9.59 Å². The molecule has 0 bridgehead atoms. The van der Waals surface area contributed by atoms with E-state index in [2.05, 4.69) is 20.6 Å². The van der Waals surface area contributed by atoms with Crippen molar-refractivity contribution in [2.75, 3.05) is 23.0 Å². The number of amides is 2. The van der Waals surface area contributed by atoms with Crippen LogP contribution in [0.15, 0.2) is 36.5 Å². The number of rotatable bonds is 3. The SMILES string of the molecule is Nc1nc(-c2cccc3c2OCC(=O)N3)cc2cc(NC(=O)[C@@H]3C[C@@H]3F)ncc12. The van der Waals surface area contributed by atoms with Gasteiger partial charge in [-0.25, -0.2) is 14.4 Å². The monoisotopic (exact) mass is 393 g/mol. The van der Waals surface area contributed by atoms with Crippen LogP contribution < -0.4 is 21.1 Å². The number of alkyl halides is 1. The predicted molar refractivity (Wildman–Crippen MR) is 105 cm³/mol. The Morgan fingerprint density at radius 1 is 1.34 bits per heavy atom. The van der Waals surface area contributed by atoms with Crippen LogP contribution in [0.2, 0.25) is 0 Å². The van der Waals surface area contributed by atoms with Crippen LogP contribution in [0.25, 0.3) is 22.0 Å². The molecule has 0 radical (unpaired) electrons. The highest BCUT2D eigenvalue weighted by molar-refractivity contribution is 6.00. The lowest BCUT2D eigenvalue weighted by molar-refractivity contribution is -0.119. The molecule has 29 heavy (non-hydrogen) atoms. The number of nitrogens with two attached hydrogens (primary N) is 1. The summed E-state index contributed by atoms with van der Waals surface area (Å²) in [7, 11) is 0. The Hall–Kier alpha value is -3.75. The first-order chi connectivity index (χ1) is 14.0. The number of nitrogen functional groups attached to an aromatic ring is 1. The largest absolute Gasteiger partial charge is 0.481 e. The lowest BCUT2D eigenvalue weighted by atomic mass is 10.1. The van der Waals surface area contributed by atoms with Gasteiger partial charge >= 0.3 is 0 Å². The molecule has 3 aromatic rings. The maximum absolute atomic E-state index is 13.1. The van der Waals surface area contributed by atoms with Crippen LogP contribution in [-0.4, -0.2) is 34.6 Å². The van der Waals surface area contributed by atoms with Crippen LogP contribution in [-0.2, 0) is 9.59 Å². The average molecular weight is 393 g/mol. The quantitative estimate of drug-likeness (QED) is 0.629. The minimum absolute atomic E-state index is 0.0795. The number of para-hydroxylation sites is 1. The minimum atomic E-state index is -1.08. The number of nitrogens with one attached hydrogen (secondary N) is 2. The zero-order valence-corrected chi connectivity index (χ0v) is 15.1. The van der Waals surface area contributed by atoms with Gasteiger partial charge in [0, 0.05) is 17.1 Å². The van der Waals surface area contributed by atoms with Crippen LogP contribution >= 0.6 is 0 Å². The maximum Gasteiger partial charge on any atom is 0.262 e.